The van der Waals surface area contributed by atoms with Crippen molar-refractivity contribution in [3.8, 4) is 0 Å². The van der Waals surface area contributed by atoms with Crippen LogP contribution in [-0.2, 0) is 23.3 Å². The minimum atomic E-state index is -0.312. The summed E-state index contributed by atoms with van der Waals surface area (Å²) in [6, 6.07) is 11.3. The molecule has 0 fully saturated rings. The lowest BCUT2D eigenvalue weighted by Gasteiger charge is -2.30. The Morgan fingerprint density at radius 3 is 2.68 bits per heavy atom. The van der Waals surface area contributed by atoms with Crippen LogP contribution in [0.15, 0.2) is 46.3 Å². The summed E-state index contributed by atoms with van der Waals surface area (Å²) in [5.41, 5.74) is 1.47. The number of amides is 1. The third-order valence-corrected chi connectivity index (χ3v) is 5.94. The van der Waals surface area contributed by atoms with E-state index in [0.29, 0.717) is 24.0 Å². The fourth-order valence-corrected chi connectivity index (χ4v) is 4.28. The van der Waals surface area contributed by atoms with Gasteiger partial charge in [0.15, 0.2) is 5.16 Å². The van der Waals surface area contributed by atoms with Crippen LogP contribution in [-0.4, -0.2) is 44.4 Å². The predicted molar refractivity (Wildman–Crippen MR) is 110 cm³/mol. The summed E-state index contributed by atoms with van der Waals surface area (Å²) in [4.78, 5) is 32.1. The number of carbonyl (C=O) groups excluding carboxylic acids is 1. The quantitative estimate of drug-likeness (QED) is 0.778. The molecule has 6 nitrogen and oxygen atoms in total. The van der Waals surface area contributed by atoms with Gasteiger partial charge in [0.05, 0.1) is 18.2 Å². The first-order valence-corrected chi connectivity index (χ1v) is 10.5. The second-order valence-corrected chi connectivity index (χ2v) is 9.09. The number of nitrogens with zero attached hydrogens (tertiary/aromatic N) is 3. The summed E-state index contributed by atoms with van der Waals surface area (Å²) < 4.78 is 1.60. The van der Waals surface area contributed by atoms with Crippen molar-refractivity contribution >= 4 is 17.7 Å². The number of benzene rings is 1. The molecule has 0 aliphatic carbocycles. The van der Waals surface area contributed by atoms with Gasteiger partial charge in [-0.3, -0.25) is 14.2 Å². The van der Waals surface area contributed by atoms with Crippen molar-refractivity contribution in [3.05, 3.63) is 58.0 Å². The van der Waals surface area contributed by atoms with Crippen LogP contribution in [0.4, 0.5) is 0 Å². The molecule has 1 unspecified atom stereocenters. The molecule has 1 atom stereocenters. The van der Waals surface area contributed by atoms with E-state index in [9.17, 15) is 14.7 Å². The third-order valence-electron chi connectivity index (χ3n) is 4.81. The second kappa shape index (κ2) is 8.49. The zero-order chi connectivity index (χ0) is 20.3. The van der Waals surface area contributed by atoms with Crippen LogP contribution in [0.2, 0.25) is 0 Å². The van der Waals surface area contributed by atoms with Gasteiger partial charge in [-0.2, -0.15) is 0 Å². The molecular weight excluding hydrogens is 374 g/mol. The van der Waals surface area contributed by atoms with Gasteiger partial charge in [-0.25, -0.2) is 4.98 Å². The molecule has 3 rings (SSSR count). The summed E-state index contributed by atoms with van der Waals surface area (Å²) >= 11 is 1.45. The lowest BCUT2D eigenvalue weighted by atomic mass is 9.92. The van der Waals surface area contributed by atoms with Gasteiger partial charge in [-0.15, -0.1) is 0 Å². The molecule has 1 aliphatic heterocycles. The van der Waals surface area contributed by atoms with Crippen molar-refractivity contribution in [2.45, 2.75) is 44.4 Å². The van der Waals surface area contributed by atoms with Crippen molar-refractivity contribution in [1.29, 1.82) is 0 Å². The molecule has 1 N–H and O–H groups in total. The molecule has 150 valence electrons. The summed E-state index contributed by atoms with van der Waals surface area (Å²) in [7, 11) is 0. The van der Waals surface area contributed by atoms with Gasteiger partial charge < -0.3 is 10.0 Å². The molecule has 0 saturated heterocycles. The summed E-state index contributed by atoms with van der Waals surface area (Å²) in [6.45, 7) is 7.05. The molecule has 0 spiro atoms. The van der Waals surface area contributed by atoms with E-state index in [2.05, 4.69) is 4.98 Å². The van der Waals surface area contributed by atoms with Crippen LogP contribution < -0.4 is 5.56 Å². The maximum Gasteiger partial charge on any atom is 0.254 e. The van der Waals surface area contributed by atoms with E-state index < -0.39 is 0 Å². The van der Waals surface area contributed by atoms with Gasteiger partial charge in [-0.05, 0) is 5.56 Å². The molecule has 0 radical (unpaired) electrons. The Bertz CT molecular complexity index is 890. The highest BCUT2D eigenvalue weighted by atomic mass is 32.2. The highest BCUT2D eigenvalue weighted by Crippen LogP contribution is 2.29. The number of hydrogen-bond acceptors (Lipinski definition) is 5. The van der Waals surface area contributed by atoms with E-state index in [4.69, 9.17) is 0 Å². The number of rotatable bonds is 5. The minimum Gasteiger partial charge on any atom is -0.395 e. The van der Waals surface area contributed by atoms with Crippen molar-refractivity contribution in [1.82, 2.24) is 14.5 Å². The maximum absolute atomic E-state index is 13.1. The Labute approximate surface area is 169 Å². The van der Waals surface area contributed by atoms with Crippen LogP contribution in [0, 0.1) is 5.92 Å². The largest absolute Gasteiger partial charge is 0.395 e. The Morgan fingerprint density at radius 1 is 1.32 bits per heavy atom. The van der Waals surface area contributed by atoms with Crippen LogP contribution in [0.1, 0.15) is 32.0 Å². The van der Waals surface area contributed by atoms with Gasteiger partial charge in [0, 0.05) is 36.9 Å². The average Bonchev–Trinajstić information content (AvgIpc) is 2.67. The van der Waals surface area contributed by atoms with Gasteiger partial charge >= 0.3 is 0 Å². The molecule has 2 aromatic rings. The Hall–Kier alpha value is -2.12. The Balaban J connectivity index is 1.80. The lowest BCUT2D eigenvalue weighted by molar-refractivity contribution is -0.136. The van der Waals surface area contributed by atoms with Gasteiger partial charge in [0.2, 0.25) is 5.91 Å². The first-order chi connectivity index (χ1) is 13.3. The molecule has 7 heteroatoms. The number of thioether (sulfide) groups is 1. The number of aliphatic hydroxyl groups is 1. The SMILES string of the molecule is CC(C)(C)c1cc(=O)n2c(n1)SCC(C(=O)N(CCO)Cc1ccccc1)C2. The van der Waals surface area contributed by atoms with Crippen molar-refractivity contribution < 1.29 is 9.90 Å². The third kappa shape index (κ3) is 4.64. The second-order valence-electron chi connectivity index (χ2n) is 8.10. The monoisotopic (exact) mass is 401 g/mol. The normalized spacial score (nSPS) is 16.5. The minimum absolute atomic E-state index is 0.0390. The number of hydrogen-bond donors (Lipinski definition) is 1. The van der Waals surface area contributed by atoms with Crippen LogP contribution >= 0.6 is 11.8 Å². The zero-order valence-corrected chi connectivity index (χ0v) is 17.4. The van der Waals surface area contributed by atoms with Crippen molar-refractivity contribution in [3.63, 3.8) is 0 Å². The van der Waals surface area contributed by atoms with E-state index >= 15 is 0 Å². The average molecular weight is 402 g/mol. The van der Waals surface area contributed by atoms with Crippen LogP contribution in [0.3, 0.4) is 0 Å². The molecular formula is C21H27N3O3S. The molecule has 1 aromatic heterocycles. The van der Waals surface area contributed by atoms with Crippen LogP contribution in [0.25, 0.3) is 0 Å². The van der Waals surface area contributed by atoms with Gasteiger partial charge in [-0.1, -0.05) is 62.9 Å². The first-order valence-electron chi connectivity index (χ1n) is 9.48. The van der Waals surface area contributed by atoms with E-state index in [1.54, 1.807) is 15.5 Å². The highest BCUT2D eigenvalue weighted by Gasteiger charge is 2.31. The fraction of sp³-hybridized carbons (Fsp3) is 0.476. The number of aromatic nitrogens is 2. The molecule has 28 heavy (non-hydrogen) atoms. The standard InChI is InChI=1S/C21H27N3O3S/c1-21(2,3)17-11-18(26)24-13-16(14-28-20(24)22-17)19(27)23(9-10-25)12-15-7-5-4-6-8-15/h4-8,11,16,25H,9-10,12-14H2,1-3H3. The highest BCUT2D eigenvalue weighted by molar-refractivity contribution is 7.99. The van der Waals surface area contributed by atoms with E-state index in [-0.39, 0.29) is 36.0 Å². The Kier molecular flexibility index (Phi) is 6.25. The van der Waals surface area contributed by atoms with E-state index in [1.165, 1.54) is 11.8 Å². The van der Waals surface area contributed by atoms with Crippen LogP contribution in [0.5, 0.6) is 0 Å². The van der Waals surface area contributed by atoms with E-state index in [0.717, 1.165) is 11.3 Å². The summed E-state index contributed by atoms with van der Waals surface area (Å²) in [5.74, 6) is 0.228. The molecule has 1 aromatic carbocycles. The summed E-state index contributed by atoms with van der Waals surface area (Å²) in [6.07, 6.45) is 0. The molecule has 0 bridgehead atoms. The number of aliphatic hydroxyl groups excluding tert-OH is 1. The van der Waals surface area contributed by atoms with Crippen molar-refractivity contribution in [2.75, 3.05) is 18.9 Å². The smallest absolute Gasteiger partial charge is 0.254 e. The topological polar surface area (TPSA) is 75.4 Å². The molecule has 1 amide bonds. The molecule has 1 aliphatic rings. The number of carbonyl (C=O) groups is 1. The van der Waals surface area contributed by atoms with Crippen molar-refractivity contribution in [2.24, 2.45) is 5.92 Å². The first kappa shape index (κ1) is 20.6. The Morgan fingerprint density at radius 2 is 2.04 bits per heavy atom. The predicted octanol–water partition coefficient (Wildman–Crippen LogP) is 2.28. The van der Waals surface area contributed by atoms with Gasteiger partial charge in [0.1, 0.15) is 0 Å². The van der Waals surface area contributed by atoms with E-state index in [1.807, 2.05) is 51.1 Å². The summed E-state index contributed by atoms with van der Waals surface area (Å²) in [5, 5.41) is 10.1. The molecule has 0 saturated carbocycles. The maximum atomic E-state index is 13.1. The lowest BCUT2D eigenvalue weighted by Crippen LogP contribution is -2.43. The zero-order valence-electron chi connectivity index (χ0n) is 16.6. The fourth-order valence-electron chi connectivity index (χ4n) is 3.19. The number of fused-ring (bicyclic) bond motifs is 1. The van der Waals surface area contributed by atoms with Gasteiger partial charge in [0.25, 0.3) is 5.56 Å². The molecule has 2 heterocycles.